The number of aliphatic hydroxyl groups is 1. The third kappa shape index (κ3) is 8.73. The number of carbonyl (C=O) groups excluding carboxylic acids is 2. The van der Waals surface area contributed by atoms with Crippen LogP contribution in [0.25, 0.3) is 0 Å². The van der Waals surface area contributed by atoms with Crippen LogP contribution >= 0.6 is 0 Å². The molecule has 1 aliphatic rings. The largest absolute Gasteiger partial charge is 0.510 e. The first-order valence-corrected chi connectivity index (χ1v) is 13.0. The minimum atomic E-state index is -2.31. The number of alkyl halides is 1. The fourth-order valence-electron chi connectivity index (χ4n) is 4.14. The van der Waals surface area contributed by atoms with Crippen molar-refractivity contribution in [2.45, 2.75) is 64.4 Å². The van der Waals surface area contributed by atoms with Gasteiger partial charge in [0.25, 0.3) is 6.48 Å². The molecule has 0 aliphatic carbocycles. The maximum Gasteiger partial charge on any atom is 0.510 e. The predicted molar refractivity (Wildman–Crippen MR) is 137 cm³/mol. The molecule has 0 bridgehead atoms. The number of methoxy groups -OCH3 is 1. The fourth-order valence-corrected chi connectivity index (χ4v) is 4.14. The monoisotopic (exact) mass is 584 g/mol. The van der Waals surface area contributed by atoms with E-state index in [9.17, 15) is 19.1 Å². The molecule has 1 N–H and O–H groups in total. The number of benzene rings is 2. The first-order valence-electron chi connectivity index (χ1n) is 13.0. The zero-order chi connectivity index (χ0) is 29.9. The van der Waals surface area contributed by atoms with Gasteiger partial charge in [0, 0.05) is 13.0 Å². The van der Waals surface area contributed by atoms with Gasteiger partial charge in [-0.05, 0) is 61.7 Å². The molecule has 1 aliphatic heterocycles. The van der Waals surface area contributed by atoms with Crippen molar-refractivity contribution in [1.82, 2.24) is 0 Å². The average molecular weight is 585 g/mol. The Hall–Kier alpha value is -3.52. The predicted octanol–water partition coefficient (Wildman–Crippen LogP) is 4.57. The van der Waals surface area contributed by atoms with E-state index in [2.05, 4.69) is 0 Å². The van der Waals surface area contributed by atoms with Crippen molar-refractivity contribution in [3.63, 3.8) is 0 Å². The van der Waals surface area contributed by atoms with Gasteiger partial charge >= 0.3 is 12.3 Å². The summed E-state index contributed by atoms with van der Waals surface area (Å²) in [5.74, 6) is 0.0988. The third-order valence-corrected chi connectivity index (χ3v) is 5.98. The number of aliphatic hydroxyl groups excluding tert-OH is 1. The fraction of sp³-hybridized carbons (Fsp3) is 0.500. The summed E-state index contributed by atoms with van der Waals surface area (Å²) in [5.41, 5.74) is 1.25. The van der Waals surface area contributed by atoms with E-state index in [0.717, 1.165) is 5.56 Å². The normalized spacial score (nSPS) is 22.9. The third-order valence-electron chi connectivity index (χ3n) is 5.98. The van der Waals surface area contributed by atoms with Crippen LogP contribution in [-0.2, 0) is 39.6 Å². The van der Waals surface area contributed by atoms with Gasteiger partial charge in [0.05, 0.1) is 20.3 Å². The Kier molecular flexibility index (Phi) is 12.1. The highest BCUT2D eigenvalue weighted by molar-refractivity contribution is 5.61. The zero-order valence-electron chi connectivity index (χ0n) is 23.1. The second kappa shape index (κ2) is 15.5. The molecule has 0 aromatic heterocycles. The first kappa shape index (κ1) is 32.0. The molecule has 226 valence electrons. The minimum Gasteiger partial charge on any atom is -0.497 e. The molecule has 11 nitrogen and oxygen atoms in total. The summed E-state index contributed by atoms with van der Waals surface area (Å²) in [5, 5.41) is 10.3. The maximum absolute atomic E-state index is 15.7. The molecule has 2 unspecified atom stereocenters. The number of halogens is 2. The van der Waals surface area contributed by atoms with Gasteiger partial charge in [-0.3, -0.25) is 0 Å². The Balaban J connectivity index is 2.02. The van der Waals surface area contributed by atoms with Crippen molar-refractivity contribution in [2.75, 3.05) is 26.9 Å². The van der Waals surface area contributed by atoms with Crippen LogP contribution < -0.4 is 4.74 Å². The van der Waals surface area contributed by atoms with E-state index in [0.29, 0.717) is 5.75 Å². The van der Waals surface area contributed by atoms with Crippen LogP contribution in [-0.4, -0.2) is 75.5 Å². The van der Waals surface area contributed by atoms with E-state index in [4.69, 9.17) is 37.9 Å². The Morgan fingerprint density at radius 2 is 1.61 bits per heavy atom. The molecular weight excluding hydrogens is 550 g/mol. The van der Waals surface area contributed by atoms with E-state index in [1.807, 2.05) is 0 Å². The van der Waals surface area contributed by atoms with Crippen molar-refractivity contribution in [3.05, 3.63) is 65.0 Å². The van der Waals surface area contributed by atoms with Crippen molar-refractivity contribution in [2.24, 2.45) is 0 Å². The Morgan fingerprint density at radius 3 is 2.22 bits per heavy atom. The number of hydrogen-bond acceptors (Lipinski definition) is 11. The van der Waals surface area contributed by atoms with Crippen LogP contribution in [0.4, 0.5) is 18.4 Å². The van der Waals surface area contributed by atoms with Crippen LogP contribution in [0.1, 0.15) is 43.6 Å². The van der Waals surface area contributed by atoms with E-state index in [1.54, 1.807) is 31.2 Å². The molecule has 3 rings (SSSR count). The molecule has 2 aromatic rings. The smallest absolute Gasteiger partial charge is 0.497 e. The lowest BCUT2D eigenvalue weighted by Gasteiger charge is -2.42. The quantitative estimate of drug-likeness (QED) is 0.278. The first-order chi connectivity index (χ1) is 19.7. The van der Waals surface area contributed by atoms with Gasteiger partial charge in [-0.15, -0.1) is 0 Å². The van der Waals surface area contributed by atoms with Gasteiger partial charge in [-0.2, -0.15) is 0 Å². The van der Waals surface area contributed by atoms with Crippen LogP contribution in [0, 0.1) is 5.82 Å². The summed E-state index contributed by atoms with van der Waals surface area (Å²) in [7, 11) is 1.53. The summed E-state index contributed by atoms with van der Waals surface area (Å²) >= 11 is 0. The van der Waals surface area contributed by atoms with Crippen LogP contribution in [0.15, 0.2) is 42.5 Å². The topological polar surface area (TPSA) is 128 Å². The number of ether oxygens (including phenoxy) is 8. The van der Waals surface area contributed by atoms with Gasteiger partial charge < -0.3 is 43.0 Å². The van der Waals surface area contributed by atoms with Crippen molar-refractivity contribution in [1.29, 1.82) is 0 Å². The average Bonchev–Trinajstić information content (AvgIpc) is 2.94. The summed E-state index contributed by atoms with van der Waals surface area (Å²) < 4.78 is 71.9. The summed E-state index contributed by atoms with van der Waals surface area (Å²) in [6, 6.07) is 11.0. The van der Waals surface area contributed by atoms with E-state index >= 15 is 4.39 Å². The lowest BCUT2D eigenvalue weighted by atomic mass is 9.92. The molecular formula is C28H34F2O11. The molecule has 0 spiro atoms. The van der Waals surface area contributed by atoms with Gasteiger partial charge in [0.15, 0.2) is 6.10 Å². The molecule has 13 heteroatoms. The molecule has 0 saturated carbocycles. The number of carbonyl (C=O) groups is 2. The van der Waals surface area contributed by atoms with Gasteiger partial charge in [-0.25, -0.2) is 18.4 Å². The van der Waals surface area contributed by atoms with Crippen molar-refractivity contribution >= 4 is 12.3 Å². The lowest BCUT2D eigenvalue weighted by molar-refractivity contribution is -0.344. The Labute approximate surface area is 236 Å². The summed E-state index contributed by atoms with van der Waals surface area (Å²) in [6.07, 6.45) is -11.3. The Bertz CT molecular complexity index is 1130. The molecule has 1 saturated heterocycles. The lowest BCUT2D eigenvalue weighted by Crippen LogP contribution is -2.57. The maximum atomic E-state index is 15.7. The van der Waals surface area contributed by atoms with Gasteiger partial charge in [0.1, 0.15) is 23.8 Å². The Morgan fingerprint density at radius 1 is 0.951 bits per heavy atom. The van der Waals surface area contributed by atoms with Crippen molar-refractivity contribution in [3.8, 4) is 5.75 Å². The molecule has 41 heavy (non-hydrogen) atoms. The highest BCUT2D eigenvalue weighted by Gasteiger charge is 2.53. The number of rotatable bonds is 12. The van der Waals surface area contributed by atoms with Crippen LogP contribution in [0.2, 0.25) is 0 Å². The number of hydrogen-bond donors (Lipinski definition) is 1. The highest BCUT2D eigenvalue weighted by atomic mass is 19.1. The minimum absolute atomic E-state index is 0.0268. The van der Waals surface area contributed by atoms with E-state index in [-0.39, 0.29) is 37.4 Å². The van der Waals surface area contributed by atoms with E-state index < -0.39 is 55.4 Å². The van der Waals surface area contributed by atoms with Gasteiger partial charge in [-0.1, -0.05) is 18.2 Å². The molecule has 1 heterocycles. The second-order valence-corrected chi connectivity index (χ2v) is 8.67. The van der Waals surface area contributed by atoms with Crippen LogP contribution in [0.3, 0.4) is 0 Å². The van der Waals surface area contributed by atoms with E-state index in [1.165, 1.54) is 39.2 Å². The molecule has 2 aromatic carbocycles. The van der Waals surface area contributed by atoms with Gasteiger partial charge in [0.2, 0.25) is 12.5 Å². The molecule has 0 amide bonds. The zero-order valence-corrected chi connectivity index (χ0v) is 23.1. The standard InChI is InChI=1S/C28H34F2O11/c1-5-35-26(31)39-23-21(30)25(41-28(33)37-7-3)38-22(24(23)40-27(32)36-6-2)17-10-13-20(29)18(15-17)14-16-8-11-19(34-4)12-9-16/h8-13,15,21-25,27,32H,5-7,14H2,1-4H3/t21?,22-,23-,24-,25+,27?/m0/s1. The van der Waals surface area contributed by atoms with Crippen molar-refractivity contribution < 1.29 is 61.4 Å². The molecule has 0 radical (unpaired) electrons. The van der Waals surface area contributed by atoms with Crippen LogP contribution in [0.5, 0.6) is 5.75 Å². The second-order valence-electron chi connectivity index (χ2n) is 8.67. The summed E-state index contributed by atoms with van der Waals surface area (Å²) in [4.78, 5) is 24.3. The SMILES string of the molecule is CCOC(=O)O[C@H]1O[C@@H](c2ccc(F)c(Cc3ccc(OC)cc3)c2)[C@H](OC(O)OCC)[C@@H](OC(=O)OCC)C1F. The molecule has 1 fully saturated rings. The molecule has 6 atom stereocenters. The summed E-state index contributed by atoms with van der Waals surface area (Å²) in [6.45, 7) is 2.63. The highest BCUT2D eigenvalue weighted by Crippen LogP contribution is 2.39.